The highest BCUT2D eigenvalue weighted by Gasteiger charge is 2.22. The Bertz CT molecular complexity index is 874. The van der Waals surface area contributed by atoms with E-state index in [-0.39, 0.29) is 18.2 Å². The quantitative estimate of drug-likeness (QED) is 0.558. The third-order valence-electron chi connectivity index (χ3n) is 5.49. The Morgan fingerprint density at radius 3 is 2.68 bits per heavy atom. The predicted molar refractivity (Wildman–Crippen MR) is 128 cm³/mol. The first kappa shape index (κ1) is 23.3. The van der Waals surface area contributed by atoms with E-state index in [1.807, 2.05) is 23.6 Å². The number of unbranched alkanes of at least 4 members (excludes halogenated alkanes) is 1. The smallest absolute Gasteiger partial charge is 0.246 e. The van der Waals surface area contributed by atoms with E-state index in [1.165, 1.54) is 12.8 Å². The first-order valence-electron chi connectivity index (χ1n) is 11.4. The van der Waals surface area contributed by atoms with E-state index in [2.05, 4.69) is 47.4 Å². The number of amides is 2. The number of anilines is 2. The molecule has 31 heavy (non-hydrogen) atoms. The minimum Gasteiger partial charge on any atom is -0.371 e. The van der Waals surface area contributed by atoms with E-state index in [0.29, 0.717) is 12.3 Å². The monoisotopic (exact) mass is 442 g/mol. The third kappa shape index (κ3) is 6.79. The lowest BCUT2D eigenvalue weighted by atomic mass is 10.1. The maximum atomic E-state index is 13.0. The Balaban J connectivity index is 1.61. The van der Waals surface area contributed by atoms with Gasteiger partial charge in [0.15, 0.2) is 0 Å². The fraction of sp³-hybridized carbons (Fsp3) is 0.542. The standard InChI is InChI=1S/C24H34N4O2S/c1-4-5-11-21(27-22(29)15-19-16-31-24(26-19)17(2)3)23(30)25-18-9-8-10-20(14-18)28-12-6-7-13-28/h8-10,14,16-17,21H,4-7,11-13,15H2,1-3H3,(H,25,30)(H,27,29). The van der Waals surface area contributed by atoms with E-state index in [1.54, 1.807) is 11.3 Å². The number of aromatic nitrogens is 1. The van der Waals surface area contributed by atoms with Crippen molar-refractivity contribution in [2.24, 2.45) is 0 Å². The lowest BCUT2D eigenvalue weighted by Gasteiger charge is -2.20. The molecule has 0 radical (unpaired) electrons. The maximum absolute atomic E-state index is 13.0. The molecule has 2 aromatic rings. The van der Waals surface area contributed by atoms with Crippen LogP contribution < -0.4 is 15.5 Å². The number of carbonyl (C=O) groups is 2. The lowest BCUT2D eigenvalue weighted by Crippen LogP contribution is -2.44. The molecular weight excluding hydrogens is 408 g/mol. The van der Waals surface area contributed by atoms with E-state index < -0.39 is 6.04 Å². The van der Waals surface area contributed by atoms with Gasteiger partial charge in [0, 0.05) is 35.8 Å². The van der Waals surface area contributed by atoms with Crippen molar-refractivity contribution in [3.8, 4) is 0 Å². The molecule has 1 unspecified atom stereocenters. The summed E-state index contributed by atoms with van der Waals surface area (Å²) < 4.78 is 0. The average Bonchev–Trinajstić information content (AvgIpc) is 3.43. The molecular formula is C24H34N4O2S. The summed E-state index contributed by atoms with van der Waals surface area (Å²) in [6.45, 7) is 8.38. The SMILES string of the molecule is CCCCC(NC(=O)Cc1csc(C(C)C)n1)C(=O)Nc1cccc(N2CCCC2)c1. The van der Waals surface area contributed by atoms with E-state index >= 15 is 0 Å². The molecule has 2 amide bonds. The van der Waals surface area contributed by atoms with Crippen molar-refractivity contribution in [2.75, 3.05) is 23.3 Å². The highest BCUT2D eigenvalue weighted by Crippen LogP contribution is 2.24. The largest absolute Gasteiger partial charge is 0.371 e. The van der Waals surface area contributed by atoms with Crippen LogP contribution in [0, 0.1) is 0 Å². The van der Waals surface area contributed by atoms with Crippen LogP contribution in [0.15, 0.2) is 29.6 Å². The van der Waals surface area contributed by atoms with Crippen molar-refractivity contribution in [3.05, 3.63) is 40.3 Å². The van der Waals surface area contributed by atoms with Gasteiger partial charge in [-0.2, -0.15) is 0 Å². The van der Waals surface area contributed by atoms with Crippen molar-refractivity contribution in [2.45, 2.75) is 71.3 Å². The Morgan fingerprint density at radius 2 is 2.00 bits per heavy atom. The van der Waals surface area contributed by atoms with Crippen molar-refractivity contribution in [1.29, 1.82) is 0 Å². The topological polar surface area (TPSA) is 74.3 Å². The van der Waals surface area contributed by atoms with Gasteiger partial charge in [-0.15, -0.1) is 11.3 Å². The molecule has 1 aliphatic rings. The van der Waals surface area contributed by atoms with Crippen LogP contribution >= 0.6 is 11.3 Å². The predicted octanol–water partition coefficient (Wildman–Crippen LogP) is 4.72. The van der Waals surface area contributed by atoms with Crippen molar-refractivity contribution >= 4 is 34.5 Å². The van der Waals surface area contributed by atoms with Crippen LogP contribution in [0.3, 0.4) is 0 Å². The van der Waals surface area contributed by atoms with Gasteiger partial charge in [-0.1, -0.05) is 39.7 Å². The summed E-state index contributed by atoms with van der Waals surface area (Å²) in [6, 6.07) is 7.42. The molecule has 168 valence electrons. The van der Waals surface area contributed by atoms with E-state index in [4.69, 9.17) is 0 Å². The highest BCUT2D eigenvalue weighted by atomic mass is 32.1. The summed E-state index contributed by atoms with van der Waals surface area (Å²) in [6.07, 6.45) is 5.07. The summed E-state index contributed by atoms with van der Waals surface area (Å²) >= 11 is 1.58. The molecule has 0 aliphatic carbocycles. The van der Waals surface area contributed by atoms with Crippen LogP contribution in [0.25, 0.3) is 0 Å². The molecule has 1 aliphatic heterocycles. The van der Waals surface area contributed by atoms with E-state index in [0.717, 1.165) is 48.0 Å². The third-order valence-corrected chi connectivity index (χ3v) is 6.68. The molecule has 0 spiro atoms. The van der Waals surface area contributed by atoms with Crippen LogP contribution in [0.5, 0.6) is 0 Å². The molecule has 0 saturated carbocycles. The fourth-order valence-corrected chi connectivity index (χ4v) is 4.58. The number of hydrogen-bond acceptors (Lipinski definition) is 5. The van der Waals surface area contributed by atoms with Crippen LogP contribution in [0.4, 0.5) is 11.4 Å². The van der Waals surface area contributed by atoms with Crippen LogP contribution in [-0.2, 0) is 16.0 Å². The fourth-order valence-electron chi connectivity index (χ4n) is 3.74. The van der Waals surface area contributed by atoms with Gasteiger partial charge in [-0.05, 0) is 37.5 Å². The second-order valence-electron chi connectivity index (χ2n) is 8.50. The van der Waals surface area contributed by atoms with Crippen LogP contribution in [0.2, 0.25) is 0 Å². The van der Waals surface area contributed by atoms with Crippen molar-refractivity contribution in [1.82, 2.24) is 10.3 Å². The normalized spacial score (nSPS) is 14.6. The van der Waals surface area contributed by atoms with Crippen molar-refractivity contribution < 1.29 is 9.59 Å². The molecule has 0 bridgehead atoms. The summed E-state index contributed by atoms with van der Waals surface area (Å²) in [5.74, 6) is 0.0189. The number of benzene rings is 1. The molecule has 2 N–H and O–H groups in total. The minimum absolute atomic E-state index is 0.164. The van der Waals surface area contributed by atoms with Gasteiger partial charge in [0.2, 0.25) is 11.8 Å². The number of carbonyl (C=O) groups excluding carboxylic acids is 2. The Labute approximate surface area is 189 Å². The number of nitrogens with zero attached hydrogens (tertiary/aromatic N) is 2. The summed E-state index contributed by atoms with van der Waals surface area (Å²) in [5, 5.41) is 8.90. The van der Waals surface area contributed by atoms with Gasteiger partial charge in [0.05, 0.1) is 17.1 Å². The minimum atomic E-state index is -0.550. The lowest BCUT2D eigenvalue weighted by molar-refractivity contribution is -0.126. The van der Waals surface area contributed by atoms with Gasteiger partial charge in [0.25, 0.3) is 0 Å². The molecule has 3 rings (SSSR count). The summed E-state index contributed by atoms with van der Waals surface area (Å²) in [4.78, 5) is 32.5. The zero-order valence-electron chi connectivity index (χ0n) is 18.8. The van der Waals surface area contributed by atoms with Gasteiger partial charge >= 0.3 is 0 Å². The summed E-state index contributed by atoms with van der Waals surface area (Å²) in [7, 11) is 0. The van der Waals surface area contributed by atoms with Gasteiger partial charge in [0.1, 0.15) is 6.04 Å². The molecule has 1 atom stereocenters. The van der Waals surface area contributed by atoms with Gasteiger partial charge in [-0.3, -0.25) is 9.59 Å². The second kappa shape index (κ2) is 11.3. The average molecular weight is 443 g/mol. The second-order valence-corrected chi connectivity index (χ2v) is 9.39. The maximum Gasteiger partial charge on any atom is 0.246 e. The molecule has 1 fully saturated rings. The van der Waals surface area contributed by atoms with E-state index in [9.17, 15) is 9.59 Å². The highest BCUT2D eigenvalue weighted by molar-refractivity contribution is 7.09. The molecule has 1 saturated heterocycles. The number of thiazole rings is 1. The van der Waals surface area contributed by atoms with Gasteiger partial charge < -0.3 is 15.5 Å². The first-order chi connectivity index (χ1) is 15.0. The zero-order valence-corrected chi connectivity index (χ0v) is 19.6. The Kier molecular flexibility index (Phi) is 8.46. The molecule has 1 aromatic heterocycles. The Morgan fingerprint density at radius 1 is 1.23 bits per heavy atom. The van der Waals surface area contributed by atoms with Gasteiger partial charge in [-0.25, -0.2) is 4.98 Å². The molecule has 1 aromatic carbocycles. The van der Waals surface area contributed by atoms with Crippen LogP contribution in [0.1, 0.15) is 69.5 Å². The molecule has 6 nitrogen and oxygen atoms in total. The number of nitrogens with one attached hydrogen (secondary N) is 2. The molecule has 7 heteroatoms. The summed E-state index contributed by atoms with van der Waals surface area (Å²) in [5.41, 5.74) is 2.67. The van der Waals surface area contributed by atoms with Crippen LogP contribution in [-0.4, -0.2) is 35.9 Å². The Hall–Kier alpha value is -2.41. The zero-order chi connectivity index (χ0) is 22.2. The number of rotatable bonds is 10. The molecule has 2 heterocycles. The number of hydrogen-bond donors (Lipinski definition) is 2. The van der Waals surface area contributed by atoms with Crippen molar-refractivity contribution in [3.63, 3.8) is 0 Å². The first-order valence-corrected chi connectivity index (χ1v) is 12.2.